The van der Waals surface area contributed by atoms with E-state index in [4.69, 9.17) is 5.73 Å². The first kappa shape index (κ1) is 12.4. The number of rotatable bonds is 5. The first-order valence-corrected chi connectivity index (χ1v) is 6.46. The van der Waals surface area contributed by atoms with Crippen molar-refractivity contribution in [1.29, 1.82) is 0 Å². The maximum atomic E-state index is 12.0. The van der Waals surface area contributed by atoms with Crippen LogP contribution in [-0.4, -0.2) is 50.1 Å². The van der Waals surface area contributed by atoms with Crippen LogP contribution in [0.1, 0.15) is 13.3 Å². The molecule has 1 rings (SSSR count). The van der Waals surface area contributed by atoms with E-state index in [0.29, 0.717) is 19.5 Å². The molecule has 7 heteroatoms. The Morgan fingerprint density at radius 3 is 2.67 bits per heavy atom. The molecule has 88 valence electrons. The average Bonchev–Trinajstić information content (AvgIpc) is 2.66. The van der Waals surface area contributed by atoms with Crippen LogP contribution in [0.4, 0.5) is 0 Å². The zero-order valence-electron chi connectivity index (χ0n) is 8.77. The fourth-order valence-corrected chi connectivity index (χ4v) is 3.48. The number of nitrogens with two attached hydrogens (primary N) is 1. The number of likely N-dealkylation sites (N-methyl/N-ethyl adjacent to an activating group) is 1. The van der Waals surface area contributed by atoms with Gasteiger partial charge in [-0.2, -0.15) is 4.31 Å². The summed E-state index contributed by atoms with van der Waals surface area (Å²) in [5.74, 6) is -0.619. The molecule has 0 radical (unpaired) electrons. The Kier molecular flexibility index (Phi) is 4.06. The van der Waals surface area contributed by atoms with Gasteiger partial charge >= 0.3 is 0 Å². The van der Waals surface area contributed by atoms with Crippen molar-refractivity contribution in [2.24, 2.45) is 5.73 Å². The number of hydrogen-bond donors (Lipinski definition) is 2. The highest BCUT2D eigenvalue weighted by atomic mass is 32.2. The monoisotopic (exact) mass is 235 g/mol. The van der Waals surface area contributed by atoms with E-state index in [9.17, 15) is 13.2 Å². The van der Waals surface area contributed by atoms with Crippen LogP contribution in [0.5, 0.6) is 0 Å². The second-order valence-electron chi connectivity index (χ2n) is 3.55. The van der Waals surface area contributed by atoms with Gasteiger partial charge in [0.1, 0.15) is 0 Å². The lowest BCUT2D eigenvalue weighted by atomic mass is 10.4. The minimum absolute atomic E-state index is 0.227. The first-order chi connectivity index (χ1) is 6.98. The van der Waals surface area contributed by atoms with E-state index in [0.717, 1.165) is 4.31 Å². The van der Waals surface area contributed by atoms with Crippen molar-refractivity contribution in [3.8, 4) is 0 Å². The zero-order chi connectivity index (χ0) is 11.5. The van der Waals surface area contributed by atoms with E-state index >= 15 is 0 Å². The van der Waals surface area contributed by atoms with Crippen molar-refractivity contribution in [3.63, 3.8) is 0 Å². The normalized spacial score (nSPS) is 22.1. The van der Waals surface area contributed by atoms with Crippen LogP contribution in [0.15, 0.2) is 0 Å². The lowest BCUT2D eigenvalue weighted by molar-refractivity contribution is -0.118. The van der Waals surface area contributed by atoms with Gasteiger partial charge in [-0.15, -0.1) is 0 Å². The Labute approximate surface area is 89.9 Å². The molecule has 1 fully saturated rings. The predicted octanol–water partition coefficient (Wildman–Crippen LogP) is -1.51. The minimum Gasteiger partial charge on any atom is -0.369 e. The Bertz CT molecular complexity index is 322. The predicted molar refractivity (Wildman–Crippen MR) is 56.6 cm³/mol. The molecule has 0 bridgehead atoms. The molecule has 1 aliphatic rings. The van der Waals surface area contributed by atoms with Gasteiger partial charge in [-0.1, -0.05) is 6.92 Å². The van der Waals surface area contributed by atoms with Crippen LogP contribution < -0.4 is 11.1 Å². The first-order valence-electron chi connectivity index (χ1n) is 4.96. The molecule has 1 unspecified atom stereocenters. The topological polar surface area (TPSA) is 92.5 Å². The van der Waals surface area contributed by atoms with E-state index in [1.807, 2.05) is 0 Å². The van der Waals surface area contributed by atoms with Crippen molar-refractivity contribution in [3.05, 3.63) is 0 Å². The maximum absolute atomic E-state index is 12.0. The molecular weight excluding hydrogens is 218 g/mol. The summed E-state index contributed by atoms with van der Waals surface area (Å²) in [6.45, 7) is 2.91. The van der Waals surface area contributed by atoms with Gasteiger partial charge in [0.15, 0.2) is 0 Å². The average molecular weight is 235 g/mol. The lowest BCUT2D eigenvalue weighted by Crippen LogP contribution is -2.43. The van der Waals surface area contributed by atoms with Crippen LogP contribution in [0.3, 0.4) is 0 Å². The molecule has 6 nitrogen and oxygen atoms in total. The number of nitrogens with one attached hydrogen (secondary N) is 1. The van der Waals surface area contributed by atoms with Gasteiger partial charge in [-0.3, -0.25) is 4.79 Å². The maximum Gasteiger partial charge on any atom is 0.232 e. The van der Waals surface area contributed by atoms with Gasteiger partial charge in [0.05, 0.1) is 11.8 Å². The summed E-state index contributed by atoms with van der Waals surface area (Å²) < 4.78 is 25.1. The van der Waals surface area contributed by atoms with Crippen molar-refractivity contribution in [1.82, 2.24) is 9.62 Å². The molecule has 0 saturated carbocycles. The Hall–Kier alpha value is -0.660. The third-order valence-corrected chi connectivity index (χ3v) is 4.83. The summed E-state index contributed by atoms with van der Waals surface area (Å²) >= 11 is 0. The standard InChI is InChI=1S/C8H17N3O3S/c1-2-11(6-8(9)12)15(13,14)7-3-4-10-5-7/h7,10H,2-6H2,1H3,(H2,9,12). The van der Waals surface area contributed by atoms with Crippen molar-refractivity contribution in [2.75, 3.05) is 26.2 Å². The second-order valence-corrected chi connectivity index (χ2v) is 5.77. The Morgan fingerprint density at radius 2 is 2.27 bits per heavy atom. The highest BCUT2D eigenvalue weighted by molar-refractivity contribution is 7.89. The number of hydrogen-bond acceptors (Lipinski definition) is 4. The second kappa shape index (κ2) is 4.91. The van der Waals surface area contributed by atoms with Crippen LogP contribution in [0.2, 0.25) is 0 Å². The SMILES string of the molecule is CCN(CC(N)=O)S(=O)(=O)C1CCNC1. The molecule has 1 aliphatic heterocycles. The molecule has 0 aromatic rings. The molecule has 0 aliphatic carbocycles. The van der Waals surface area contributed by atoms with Crippen LogP contribution >= 0.6 is 0 Å². The number of sulfonamides is 1. The van der Waals surface area contributed by atoms with Gasteiger partial charge in [0, 0.05) is 13.1 Å². The largest absolute Gasteiger partial charge is 0.369 e. The van der Waals surface area contributed by atoms with Gasteiger partial charge < -0.3 is 11.1 Å². The number of carbonyl (C=O) groups is 1. The molecule has 0 spiro atoms. The van der Waals surface area contributed by atoms with Crippen LogP contribution in [-0.2, 0) is 14.8 Å². The van der Waals surface area contributed by atoms with Crippen molar-refractivity contribution in [2.45, 2.75) is 18.6 Å². The molecule has 3 N–H and O–H groups in total. The van der Waals surface area contributed by atoms with E-state index in [-0.39, 0.29) is 13.1 Å². The van der Waals surface area contributed by atoms with E-state index < -0.39 is 21.2 Å². The molecule has 0 aromatic carbocycles. The van der Waals surface area contributed by atoms with E-state index in [2.05, 4.69) is 5.32 Å². The fraction of sp³-hybridized carbons (Fsp3) is 0.875. The molecule has 1 saturated heterocycles. The molecular formula is C8H17N3O3S. The third kappa shape index (κ3) is 2.90. The highest BCUT2D eigenvalue weighted by Gasteiger charge is 2.33. The van der Waals surface area contributed by atoms with Gasteiger partial charge in [-0.05, 0) is 13.0 Å². The van der Waals surface area contributed by atoms with Crippen LogP contribution in [0.25, 0.3) is 0 Å². The molecule has 1 heterocycles. The molecule has 1 atom stereocenters. The Balaban J connectivity index is 2.76. The summed E-state index contributed by atoms with van der Waals surface area (Å²) in [6.07, 6.45) is 0.595. The van der Waals surface area contributed by atoms with Gasteiger partial charge in [0.25, 0.3) is 0 Å². The summed E-state index contributed by atoms with van der Waals surface area (Å²) in [4.78, 5) is 10.7. The minimum atomic E-state index is -3.38. The van der Waals surface area contributed by atoms with E-state index in [1.165, 1.54) is 0 Å². The zero-order valence-corrected chi connectivity index (χ0v) is 9.59. The van der Waals surface area contributed by atoms with Gasteiger partial charge in [-0.25, -0.2) is 8.42 Å². The van der Waals surface area contributed by atoms with Crippen LogP contribution in [0, 0.1) is 0 Å². The number of amides is 1. The summed E-state index contributed by atoms with van der Waals surface area (Å²) in [7, 11) is -3.38. The molecule has 1 amide bonds. The number of primary amides is 1. The summed E-state index contributed by atoms with van der Waals surface area (Å²) in [5, 5.41) is 2.57. The fourth-order valence-electron chi connectivity index (χ4n) is 1.65. The number of carbonyl (C=O) groups excluding carboxylic acids is 1. The molecule has 15 heavy (non-hydrogen) atoms. The third-order valence-electron chi connectivity index (χ3n) is 2.48. The van der Waals surface area contributed by atoms with Gasteiger partial charge in [0.2, 0.25) is 15.9 Å². The number of nitrogens with zero attached hydrogens (tertiary/aromatic N) is 1. The highest BCUT2D eigenvalue weighted by Crippen LogP contribution is 2.14. The smallest absolute Gasteiger partial charge is 0.232 e. The quantitative estimate of drug-likeness (QED) is 0.605. The summed E-state index contributed by atoms with van der Waals surface area (Å²) in [5.41, 5.74) is 5.00. The Morgan fingerprint density at radius 1 is 1.60 bits per heavy atom. The lowest BCUT2D eigenvalue weighted by Gasteiger charge is -2.22. The summed E-state index contributed by atoms with van der Waals surface area (Å²) in [6, 6.07) is 0. The molecule has 0 aromatic heterocycles. The van der Waals surface area contributed by atoms with Crippen molar-refractivity contribution >= 4 is 15.9 Å². The van der Waals surface area contributed by atoms with Crippen molar-refractivity contribution < 1.29 is 13.2 Å². The van der Waals surface area contributed by atoms with E-state index in [1.54, 1.807) is 6.92 Å².